The standard InChI is InChI=1S/C9H6BF3N/c11-10(12,13)9-3-1-2-7-4-5-14-6-8(7)9/h1-6H/q-1. The van der Waals surface area contributed by atoms with Gasteiger partial charge in [-0.05, 0) is 16.8 Å². The van der Waals surface area contributed by atoms with Crippen molar-refractivity contribution in [1.29, 1.82) is 0 Å². The van der Waals surface area contributed by atoms with Crippen LogP contribution in [-0.2, 0) is 0 Å². The van der Waals surface area contributed by atoms with Crippen LogP contribution in [0.1, 0.15) is 0 Å². The van der Waals surface area contributed by atoms with Gasteiger partial charge in [-0.15, -0.1) is 0 Å². The van der Waals surface area contributed by atoms with E-state index in [0.29, 0.717) is 5.39 Å². The van der Waals surface area contributed by atoms with Crippen LogP contribution < -0.4 is 5.46 Å². The average Bonchev–Trinajstić information content (AvgIpc) is 2.15. The number of hydrogen-bond donors (Lipinski definition) is 0. The summed E-state index contributed by atoms with van der Waals surface area (Å²) in [5.41, 5.74) is -0.574. The minimum absolute atomic E-state index is 0.169. The topological polar surface area (TPSA) is 12.9 Å². The third-order valence-electron chi connectivity index (χ3n) is 2.07. The van der Waals surface area contributed by atoms with E-state index < -0.39 is 12.4 Å². The van der Waals surface area contributed by atoms with Crippen molar-refractivity contribution in [2.45, 2.75) is 0 Å². The maximum Gasteiger partial charge on any atom is 0.510 e. The van der Waals surface area contributed by atoms with Crippen LogP contribution in [0.3, 0.4) is 0 Å². The Morgan fingerprint density at radius 1 is 1.07 bits per heavy atom. The van der Waals surface area contributed by atoms with Gasteiger partial charge in [0.15, 0.2) is 0 Å². The van der Waals surface area contributed by atoms with E-state index in [0.717, 1.165) is 6.07 Å². The summed E-state index contributed by atoms with van der Waals surface area (Å²) in [4.78, 5) is 3.70. The fourth-order valence-electron chi connectivity index (χ4n) is 1.42. The van der Waals surface area contributed by atoms with Crippen molar-refractivity contribution in [3.05, 3.63) is 36.7 Å². The van der Waals surface area contributed by atoms with Crippen molar-refractivity contribution in [3.63, 3.8) is 0 Å². The zero-order chi connectivity index (χ0) is 10.2. The molecule has 0 bridgehead atoms. The molecule has 5 heteroatoms. The Balaban J connectivity index is 2.78. The predicted octanol–water partition coefficient (Wildman–Crippen LogP) is 2.29. The van der Waals surface area contributed by atoms with Crippen LogP contribution in [0.2, 0.25) is 0 Å². The van der Waals surface area contributed by atoms with Crippen LogP contribution >= 0.6 is 0 Å². The van der Waals surface area contributed by atoms with E-state index in [9.17, 15) is 12.9 Å². The molecule has 1 nitrogen and oxygen atoms in total. The van der Waals surface area contributed by atoms with Gasteiger partial charge in [-0.2, -0.15) is 0 Å². The van der Waals surface area contributed by atoms with Crippen LogP contribution in [0.15, 0.2) is 36.7 Å². The molecule has 0 N–H and O–H groups in total. The number of hydrogen-bond acceptors (Lipinski definition) is 1. The molecule has 2 aromatic rings. The van der Waals surface area contributed by atoms with E-state index in [1.54, 1.807) is 12.1 Å². The Labute approximate surface area is 78.6 Å². The van der Waals surface area contributed by atoms with E-state index >= 15 is 0 Å². The summed E-state index contributed by atoms with van der Waals surface area (Å²) in [7, 11) is 0. The predicted molar refractivity (Wildman–Crippen MR) is 50.5 cm³/mol. The van der Waals surface area contributed by atoms with Crippen molar-refractivity contribution in [1.82, 2.24) is 4.98 Å². The van der Waals surface area contributed by atoms with Gasteiger partial charge < -0.3 is 12.9 Å². The third-order valence-corrected chi connectivity index (χ3v) is 2.07. The number of nitrogens with zero attached hydrogens (tertiary/aromatic N) is 1. The molecule has 2 rings (SSSR count). The van der Waals surface area contributed by atoms with Crippen molar-refractivity contribution in [2.75, 3.05) is 0 Å². The number of rotatable bonds is 1. The molecule has 1 aromatic carbocycles. The first-order chi connectivity index (χ1) is 6.59. The Morgan fingerprint density at radius 3 is 2.57 bits per heavy atom. The smallest absolute Gasteiger partial charge is 0.445 e. The quantitative estimate of drug-likeness (QED) is 0.637. The fourth-order valence-corrected chi connectivity index (χ4v) is 1.42. The van der Waals surface area contributed by atoms with Gasteiger partial charge in [0, 0.05) is 12.4 Å². The average molecular weight is 196 g/mol. The van der Waals surface area contributed by atoms with Crippen molar-refractivity contribution in [3.8, 4) is 0 Å². The van der Waals surface area contributed by atoms with Crippen molar-refractivity contribution < 1.29 is 12.9 Å². The molecule has 0 saturated carbocycles. The molecule has 0 aliphatic heterocycles. The second-order valence-corrected chi connectivity index (χ2v) is 3.02. The van der Waals surface area contributed by atoms with Crippen molar-refractivity contribution in [2.24, 2.45) is 0 Å². The second-order valence-electron chi connectivity index (χ2n) is 3.02. The summed E-state index contributed by atoms with van der Waals surface area (Å²) >= 11 is 0. The molecular weight excluding hydrogens is 190 g/mol. The number of pyridine rings is 1. The molecule has 0 fully saturated rings. The zero-order valence-corrected chi connectivity index (χ0v) is 7.12. The van der Waals surface area contributed by atoms with E-state index in [1.807, 2.05) is 0 Å². The highest BCUT2D eigenvalue weighted by Crippen LogP contribution is 2.16. The first-order valence-corrected chi connectivity index (χ1v) is 4.11. The number of halogens is 3. The molecule has 0 spiro atoms. The van der Waals surface area contributed by atoms with Crippen LogP contribution in [-0.4, -0.2) is 12.0 Å². The summed E-state index contributed by atoms with van der Waals surface area (Å²) in [6.07, 6.45) is 2.73. The van der Waals surface area contributed by atoms with Gasteiger partial charge in [-0.25, -0.2) is 0 Å². The van der Waals surface area contributed by atoms with E-state index in [1.165, 1.54) is 18.5 Å². The van der Waals surface area contributed by atoms with Gasteiger partial charge in [0.2, 0.25) is 0 Å². The molecule has 72 valence electrons. The van der Waals surface area contributed by atoms with Gasteiger partial charge >= 0.3 is 6.98 Å². The van der Waals surface area contributed by atoms with Gasteiger partial charge in [0.05, 0.1) is 0 Å². The van der Waals surface area contributed by atoms with E-state index in [-0.39, 0.29) is 5.39 Å². The lowest BCUT2D eigenvalue weighted by Gasteiger charge is -2.16. The monoisotopic (exact) mass is 196 g/mol. The summed E-state index contributed by atoms with van der Waals surface area (Å²) < 4.78 is 37.7. The minimum atomic E-state index is -4.96. The molecule has 0 atom stereocenters. The Kier molecular flexibility index (Phi) is 1.95. The lowest BCUT2D eigenvalue weighted by Crippen LogP contribution is -2.34. The first-order valence-electron chi connectivity index (χ1n) is 4.11. The molecule has 0 saturated heterocycles. The Morgan fingerprint density at radius 2 is 1.86 bits per heavy atom. The highest BCUT2D eigenvalue weighted by Gasteiger charge is 2.27. The fraction of sp³-hybridized carbons (Fsp3) is 0. The van der Waals surface area contributed by atoms with Crippen LogP contribution in [0, 0.1) is 0 Å². The normalized spacial score (nSPS) is 11.9. The van der Waals surface area contributed by atoms with Crippen LogP contribution in [0.25, 0.3) is 10.8 Å². The summed E-state index contributed by atoms with van der Waals surface area (Å²) in [6, 6.07) is 5.71. The molecule has 1 aromatic heterocycles. The minimum Gasteiger partial charge on any atom is -0.445 e. The molecule has 0 amide bonds. The lowest BCUT2D eigenvalue weighted by molar-refractivity contribution is 0.501. The van der Waals surface area contributed by atoms with Gasteiger partial charge in [-0.3, -0.25) is 4.98 Å². The Hall–Kier alpha value is -1.52. The maximum absolute atomic E-state index is 12.6. The van der Waals surface area contributed by atoms with Gasteiger partial charge in [0.1, 0.15) is 0 Å². The largest absolute Gasteiger partial charge is 0.510 e. The molecule has 0 aliphatic rings. The van der Waals surface area contributed by atoms with E-state index in [4.69, 9.17) is 0 Å². The maximum atomic E-state index is 12.6. The highest BCUT2D eigenvalue weighted by atomic mass is 19.4. The molecule has 0 radical (unpaired) electrons. The van der Waals surface area contributed by atoms with Crippen LogP contribution in [0.5, 0.6) is 0 Å². The summed E-state index contributed by atoms with van der Waals surface area (Å²) in [5, 5.41) is 0.735. The Bertz CT molecular complexity index is 462. The lowest BCUT2D eigenvalue weighted by atomic mass is 9.77. The SMILES string of the molecule is F[B-](F)(F)c1cccc2ccncc12. The molecule has 14 heavy (non-hydrogen) atoms. The zero-order valence-electron chi connectivity index (χ0n) is 7.12. The first kappa shape index (κ1) is 9.06. The third kappa shape index (κ3) is 1.45. The van der Waals surface area contributed by atoms with Gasteiger partial charge in [0.25, 0.3) is 0 Å². The second kappa shape index (κ2) is 3.01. The summed E-state index contributed by atoms with van der Waals surface area (Å²) in [6.45, 7) is -4.96. The number of aromatic nitrogens is 1. The highest BCUT2D eigenvalue weighted by molar-refractivity contribution is 6.75. The van der Waals surface area contributed by atoms with Crippen molar-refractivity contribution >= 4 is 23.2 Å². The summed E-state index contributed by atoms with van der Waals surface area (Å²) in [5.74, 6) is 0. The van der Waals surface area contributed by atoms with Gasteiger partial charge in [-0.1, -0.05) is 23.7 Å². The molecule has 0 unspecified atom stereocenters. The van der Waals surface area contributed by atoms with Crippen LogP contribution in [0.4, 0.5) is 12.9 Å². The molecule has 0 aliphatic carbocycles. The van der Waals surface area contributed by atoms with E-state index in [2.05, 4.69) is 4.98 Å². The molecular formula is C9H6BF3N-. The molecule has 1 heterocycles. The number of benzene rings is 1. The number of fused-ring (bicyclic) bond motifs is 1.